The van der Waals surface area contributed by atoms with Gasteiger partial charge in [0.1, 0.15) is 0 Å². The van der Waals surface area contributed by atoms with Crippen molar-refractivity contribution in [3.63, 3.8) is 0 Å². The van der Waals surface area contributed by atoms with Crippen molar-refractivity contribution in [2.75, 3.05) is 0 Å². The van der Waals surface area contributed by atoms with Gasteiger partial charge in [0.25, 0.3) is 0 Å². The summed E-state index contributed by atoms with van der Waals surface area (Å²) in [5.74, 6) is 0.351. The molecular formula is C15H20NO2-. The van der Waals surface area contributed by atoms with Gasteiger partial charge in [-0.3, -0.25) is 0 Å². The Morgan fingerprint density at radius 1 is 1.28 bits per heavy atom. The first-order valence-corrected chi connectivity index (χ1v) is 7.17. The Kier molecular flexibility index (Phi) is 3.14. The maximum Gasteiger partial charge on any atom is 0.0878 e. The molecule has 1 aromatic rings. The molecule has 1 N–H and O–H groups in total. The van der Waals surface area contributed by atoms with Gasteiger partial charge in [-0.2, -0.15) is 0 Å². The van der Waals surface area contributed by atoms with E-state index >= 15 is 0 Å². The van der Waals surface area contributed by atoms with E-state index in [1.807, 2.05) is 6.07 Å². The summed E-state index contributed by atoms with van der Waals surface area (Å²) < 4.78 is 0. The van der Waals surface area contributed by atoms with Crippen molar-refractivity contribution in [3.05, 3.63) is 23.0 Å². The van der Waals surface area contributed by atoms with Crippen molar-refractivity contribution in [1.82, 2.24) is 4.98 Å². The molecule has 18 heavy (non-hydrogen) atoms. The maximum atomic E-state index is 10.9. The standard InChI is InChI=1S/C15H21NO2/c17-15(18)14-9-12-11(6-7-13(12)16-14)8-10-4-2-1-3-5-10/h9-11,16H,1-8H2,(H,17,18)/p-1. The molecule has 0 spiro atoms. The molecule has 0 aromatic carbocycles. The second-order valence-corrected chi connectivity index (χ2v) is 5.88. The largest absolute Gasteiger partial charge is 0.543 e. The fourth-order valence-corrected chi connectivity index (χ4v) is 3.74. The molecule has 98 valence electrons. The van der Waals surface area contributed by atoms with Crippen LogP contribution in [0.4, 0.5) is 0 Å². The monoisotopic (exact) mass is 246 g/mol. The number of aromatic amines is 1. The highest BCUT2D eigenvalue weighted by Gasteiger charge is 2.28. The van der Waals surface area contributed by atoms with Crippen LogP contribution in [0.1, 0.15) is 72.6 Å². The third kappa shape index (κ3) is 2.18. The minimum atomic E-state index is -1.08. The predicted octanol–water partition coefficient (Wildman–Crippen LogP) is 2.38. The number of carboxylic acid groups (broad SMARTS) is 1. The van der Waals surface area contributed by atoms with Crippen LogP contribution in [0, 0.1) is 5.92 Å². The lowest BCUT2D eigenvalue weighted by Crippen LogP contribution is -2.22. The van der Waals surface area contributed by atoms with Gasteiger partial charge < -0.3 is 14.9 Å². The molecule has 1 aromatic heterocycles. The zero-order valence-electron chi connectivity index (χ0n) is 10.7. The lowest BCUT2D eigenvalue weighted by molar-refractivity contribution is -0.255. The number of rotatable bonds is 3. The average Bonchev–Trinajstić information content (AvgIpc) is 2.93. The first-order chi connectivity index (χ1) is 8.74. The average molecular weight is 246 g/mol. The van der Waals surface area contributed by atoms with E-state index in [-0.39, 0.29) is 5.69 Å². The number of H-pyrrole nitrogens is 1. The highest BCUT2D eigenvalue weighted by molar-refractivity contribution is 5.84. The molecule has 0 radical (unpaired) electrons. The van der Waals surface area contributed by atoms with Gasteiger partial charge in [-0.15, -0.1) is 0 Å². The van der Waals surface area contributed by atoms with Gasteiger partial charge in [0.2, 0.25) is 0 Å². The number of carbonyl (C=O) groups excluding carboxylic acids is 1. The van der Waals surface area contributed by atoms with Gasteiger partial charge in [-0.1, -0.05) is 32.1 Å². The van der Waals surface area contributed by atoms with E-state index in [9.17, 15) is 9.90 Å². The van der Waals surface area contributed by atoms with E-state index < -0.39 is 5.97 Å². The molecule has 2 aliphatic rings. The highest BCUT2D eigenvalue weighted by atomic mass is 16.4. The van der Waals surface area contributed by atoms with Gasteiger partial charge in [0.05, 0.1) is 11.7 Å². The molecule has 0 aliphatic heterocycles. The van der Waals surface area contributed by atoms with Crippen LogP contribution in [0.25, 0.3) is 0 Å². The number of aromatic carboxylic acids is 1. The minimum Gasteiger partial charge on any atom is -0.543 e. The molecule has 3 nitrogen and oxygen atoms in total. The predicted molar refractivity (Wildman–Crippen MR) is 67.4 cm³/mol. The number of nitrogens with one attached hydrogen (secondary N) is 1. The second-order valence-electron chi connectivity index (χ2n) is 5.88. The van der Waals surface area contributed by atoms with Crippen LogP contribution in [0.3, 0.4) is 0 Å². The number of fused-ring (bicyclic) bond motifs is 1. The number of aromatic nitrogens is 1. The van der Waals surface area contributed by atoms with Crippen molar-refractivity contribution in [3.8, 4) is 0 Å². The molecule has 1 saturated carbocycles. The summed E-state index contributed by atoms with van der Waals surface area (Å²) in [7, 11) is 0. The smallest absolute Gasteiger partial charge is 0.0878 e. The molecular weight excluding hydrogens is 226 g/mol. The zero-order valence-corrected chi connectivity index (χ0v) is 10.7. The van der Waals surface area contributed by atoms with Crippen LogP contribution in [0.15, 0.2) is 6.07 Å². The Bertz CT molecular complexity index is 443. The van der Waals surface area contributed by atoms with Crippen LogP contribution in [-0.2, 0) is 6.42 Å². The number of hydrogen-bond donors (Lipinski definition) is 1. The fraction of sp³-hybridized carbons (Fsp3) is 0.667. The third-order valence-corrected chi connectivity index (χ3v) is 4.68. The van der Waals surface area contributed by atoms with Crippen molar-refractivity contribution in [1.29, 1.82) is 0 Å². The van der Waals surface area contributed by atoms with Crippen molar-refractivity contribution >= 4 is 5.97 Å². The van der Waals surface area contributed by atoms with Crippen molar-refractivity contribution in [2.45, 2.75) is 57.3 Å². The SMILES string of the molecule is O=C([O-])c1cc2c([nH]1)CCC2CC1CCCCC1. The fourth-order valence-electron chi connectivity index (χ4n) is 3.74. The summed E-state index contributed by atoms with van der Waals surface area (Å²) >= 11 is 0. The Labute approximate surface area is 108 Å². The number of hydrogen-bond acceptors (Lipinski definition) is 2. The van der Waals surface area contributed by atoms with Crippen molar-refractivity contribution < 1.29 is 9.90 Å². The molecule has 0 amide bonds. The molecule has 3 heteroatoms. The summed E-state index contributed by atoms with van der Waals surface area (Å²) in [6, 6.07) is 1.81. The molecule has 1 atom stereocenters. The van der Waals surface area contributed by atoms with Crippen LogP contribution in [-0.4, -0.2) is 11.0 Å². The summed E-state index contributed by atoms with van der Waals surface area (Å²) in [6.45, 7) is 0. The number of carboxylic acids is 1. The molecule has 0 saturated heterocycles. The van der Waals surface area contributed by atoms with Gasteiger partial charge in [0, 0.05) is 5.69 Å². The van der Waals surface area contributed by atoms with Crippen LogP contribution in [0.2, 0.25) is 0 Å². The van der Waals surface area contributed by atoms with E-state index in [4.69, 9.17) is 0 Å². The van der Waals surface area contributed by atoms with Gasteiger partial charge in [-0.05, 0) is 42.7 Å². The lowest BCUT2D eigenvalue weighted by Gasteiger charge is -2.24. The van der Waals surface area contributed by atoms with E-state index in [1.54, 1.807) is 0 Å². The van der Waals surface area contributed by atoms with E-state index in [1.165, 1.54) is 50.5 Å². The Morgan fingerprint density at radius 3 is 2.78 bits per heavy atom. The zero-order chi connectivity index (χ0) is 12.5. The first-order valence-electron chi connectivity index (χ1n) is 7.17. The summed E-state index contributed by atoms with van der Waals surface area (Å²) in [4.78, 5) is 13.9. The van der Waals surface area contributed by atoms with Crippen LogP contribution in [0.5, 0.6) is 0 Å². The van der Waals surface area contributed by atoms with Crippen molar-refractivity contribution in [2.24, 2.45) is 5.92 Å². The van der Waals surface area contributed by atoms with Gasteiger partial charge in [-0.25, -0.2) is 0 Å². The molecule has 3 rings (SSSR count). The summed E-state index contributed by atoms with van der Waals surface area (Å²) in [6.07, 6.45) is 10.3. The third-order valence-electron chi connectivity index (χ3n) is 4.68. The van der Waals surface area contributed by atoms with Gasteiger partial charge >= 0.3 is 0 Å². The normalized spacial score (nSPS) is 24.1. The topological polar surface area (TPSA) is 55.9 Å². The molecule has 1 heterocycles. The van der Waals surface area contributed by atoms with Crippen LogP contribution >= 0.6 is 0 Å². The Morgan fingerprint density at radius 2 is 2.06 bits per heavy atom. The molecule has 0 bridgehead atoms. The number of carbonyl (C=O) groups is 1. The second kappa shape index (κ2) is 4.79. The highest BCUT2D eigenvalue weighted by Crippen LogP contribution is 2.40. The quantitative estimate of drug-likeness (QED) is 0.890. The Hall–Kier alpha value is -1.25. The minimum absolute atomic E-state index is 0.258. The van der Waals surface area contributed by atoms with E-state index in [0.717, 1.165) is 18.0 Å². The van der Waals surface area contributed by atoms with Crippen LogP contribution < -0.4 is 5.11 Å². The molecule has 1 fully saturated rings. The van der Waals surface area contributed by atoms with Gasteiger partial charge in [0.15, 0.2) is 0 Å². The van der Waals surface area contributed by atoms with E-state index in [0.29, 0.717) is 5.92 Å². The summed E-state index contributed by atoms with van der Waals surface area (Å²) in [5, 5.41) is 10.9. The number of aryl methyl sites for hydroxylation is 1. The summed E-state index contributed by atoms with van der Waals surface area (Å²) in [5.41, 5.74) is 2.64. The maximum absolute atomic E-state index is 10.9. The molecule has 1 unspecified atom stereocenters. The lowest BCUT2D eigenvalue weighted by atomic mass is 9.81. The van der Waals surface area contributed by atoms with E-state index in [2.05, 4.69) is 4.98 Å². The molecule has 2 aliphatic carbocycles. The Balaban J connectivity index is 1.71. The first kappa shape index (κ1) is 11.8.